The molecule has 0 unspecified atom stereocenters. The lowest BCUT2D eigenvalue weighted by atomic mass is 9.95. The van der Waals surface area contributed by atoms with Crippen LogP contribution in [0.4, 0.5) is 0 Å². The predicted octanol–water partition coefficient (Wildman–Crippen LogP) is 1.43. The molecule has 0 saturated carbocycles. The van der Waals surface area contributed by atoms with Crippen LogP contribution in [0.15, 0.2) is 10.6 Å². The van der Waals surface area contributed by atoms with Gasteiger partial charge in [0.25, 0.3) is 0 Å². The maximum absolute atomic E-state index is 12.0. The van der Waals surface area contributed by atoms with Crippen molar-refractivity contribution in [3.05, 3.63) is 17.5 Å². The largest absolute Gasteiger partial charge is 0.390 e. The van der Waals surface area contributed by atoms with E-state index in [2.05, 4.69) is 10.5 Å². The summed E-state index contributed by atoms with van der Waals surface area (Å²) in [6, 6.07) is 1.86. The van der Waals surface area contributed by atoms with Gasteiger partial charge in [0, 0.05) is 31.6 Å². The van der Waals surface area contributed by atoms with Gasteiger partial charge in [0.15, 0.2) is 5.76 Å². The minimum Gasteiger partial charge on any atom is -0.390 e. The highest BCUT2D eigenvalue weighted by molar-refractivity contribution is 5.81. The maximum Gasteiger partial charge on any atom is 0.225 e. The molecule has 2 rings (SSSR count). The van der Waals surface area contributed by atoms with Crippen LogP contribution in [0.1, 0.15) is 45.1 Å². The van der Waals surface area contributed by atoms with Crippen LogP contribution in [0.5, 0.6) is 0 Å². The van der Waals surface area contributed by atoms with Crippen LogP contribution in [0.2, 0.25) is 0 Å². The van der Waals surface area contributed by atoms with Gasteiger partial charge in [-0.05, 0) is 12.8 Å². The summed E-state index contributed by atoms with van der Waals surface area (Å²) < 4.78 is 16.1. The molecule has 7 nitrogen and oxygen atoms in total. The smallest absolute Gasteiger partial charge is 0.225 e. The molecule has 1 amide bonds. The van der Waals surface area contributed by atoms with E-state index in [1.807, 2.05) is 26.8 Å². The number of aliphatic hydroxyl groups is 1. The summed E-state index contributed by atoms with van der Waals surface area (Å²) in [5, 5.41) is 17.0. The third kappa shape index (κ3) is 5.29. The Morgan fingerprint density at radius 2 is 2.21 bits per heavy atom. The van der Waals surface area contributed by atoms with Crippen LogP contribution >= 0.6 is 0 Å². The third-order valence-electron chi connectivity index (χ3n) is 4.06. The molecule has 2 heterocycles. The highest BCUT2D eigenvalue weighted by Gasteiger charge is 2.32. The van der Waals surface area contributed by atoms with Crippen molar-refractivity contribution in [3.63, 3.8) is 0 Å². The standard InChI is InChI=1S/C17H28N2O5/c1-17(2,3)16(21)18-9-15-14(20)6-5-12(23-15)7-11-8-13(10-22-4)24-19-11/h8,12,14-15,20H,5-7,9-10H2,1-4H3,(H,18,21)/t12-,14-,15+/m0/s1. The Labute approximate surface area is 142 Å². The molecular formula is C17H28N2O5. The molecule has 3 atom stereocenters. The fraction of sp³-hybridized carbons (Fsp3) is 0.765. The first-order chi connectivity index (χ1) is 11.3. The minimum atomic E-state index is -0.567. The molecule has 0 aromatic carbocycles. The summed E-state index contributed by atoms with van der Waals surface area (Å²) in [7, 11) is 1.60. The second-order valence-corrected chi connectivity index (χ2v) is 7.32. The van der Waals surface area contributed by atoms with Crippen molar-refractivity contribution in [2.45, 2.75) is 65.0 Å². The minimum absolute atomic E-state index is 0.0505. The highest BCUT2D eigenvalue weighted by Crippen LogP contribution is 2.23. The monoisotopic (exact) mass is 340 g/mol. The van der Waals surface area contributed by atoms with Gasteiger partial charge in [-0.3, -0.25) is 4.79 Å². The molecule has 2 N–H and O–H groups in total. The zero-order valence-electron chi connectivity index (χ0n) is 14.9. The second kappa shape index (κ2) is 8.09. The fourth-order valence-electron chi connectivity index (χ4n) is 2.64. The summed E-state index contributed by atoms with van der Waals surface area (Å²) >= 11 is 0. The topological polar surface area (TPSA) is 93.8 Å². The van der Waals surface area contributed by atoms with Gasteiger partial charge in [-0.25, -0.2) is 0 Å². The number of rotatable bonds is 6. The zero-order chi connectivity index (χ0) is 17.7. The summed E-state index contributed by atoms with van der Waals surface area (Å²) in [6.45, 7) is 6.25. The molecule has 0 aliphatic carbocycles. The molecule has 1 aliphatic rings. The molecule has 1 fully saturated rings. The SMILES string of the molecule is COCc1cc(C[C@@H]2CC[C@H](O)[C@@H](CNC(=O)C(C)(C)C)O2)no1. The Hall–Kier alpha value is -1.44. The number of nitrogens with zero attached hydrogens (tertiary/aromatic N) is 1. The third-order valence-corrected chi connectivity index (χ3v) is 4.06. The average molecular weight is 340 g/mol. The number of nitrogens with one attached hydrogen (secondary N) is 1. The van der Waals surface area contributed by atoms with Crippen LogP contribution in [0.3, 0.4) is 0 Å². The van der Waals surface area contributed by atoms with Gasteiger partial charge in [-0.15, -0.1) is 0 Å². The molecule has 1 saturated heterocycles. The second-order valence-electron chi connectivity index (χ2n) is 7.32. The van der Waals surface area contributed by atoms with E-state index in [0.29, 0.717) is 31.8 Å². The molecule has 1 aromatic rings. The van der Waals surface area contributed by atoms with E-state index >= 15 is 0 Å². The summed E-state index contributed by atoms with van der Waals surface area (Å²) in [4.78, 5) is 12.0. The Balaban J connectivity index is 1.86. The number of hydrogen-bond donors (Lipinski definition) is 2. The molecule has 1 aliphatic heterocycles. The Kier molecular flexibility index (Phi) is 6.37. The van der Waals surface area contributed by atoms with Crippen molar-refractivity contribution in [3.8, 4) is 0 Å². The van der Waals surface area contributed by atoms with Crippen molar-refractivity contribution in [1.82, 2.24) is 10.5 Å². The molecule has 136 valence electrons. The van der Waals surface area contributed by atoms with Gasteiger partial charge in [-0.2, -0.15) is 0 Å². The Bertz CT molecular complexity index is 537. The summed E-state index contributed by atoms with van der Waals surface area (Å²) in [5.74, 6) is 0.624. The van der Waals surface area contributed by atoms with E-state index in [4.69, 9.17) is 14.0 Å². The highest BCUT2D eigenvalue weighted by atomic mass is 16.5. The van der Waals surface area contributed by atoms with Crippen LogP contribution in [-0.4, -0.2) is 48.1 Å². The summed E-state index contributed by atoms with van der Waals surface area (Å²) in [6.07, 6.45) is 0.985. The molecule has 1 aromatic heterocycles. The van der Waals surface area contributed by atoms with E-state index in [0.717, 1.165) is 12.1 Å². The van der Waals surface area contributed by atoms with Crippen LogP contribution in [0, 0.1) is 5.41 Å². The van der Waals surface area contributed by atoms with Gasteiger partial charge < -0.3 is 24.4 Å². The van der Waals surface area contributed by atoms with Gasteiger partial charge in [-0.1, -0.05) is 25.9 Å². The maximum atomic E-state index is 12.0. The molecule has 0 bridgehead atoms. The molecule has 24 heavy (non-hydrogen) atoms. The quantitative estimate of drug-likeness (QED) is 0.814. The first-order valence-electron chi connectivity index (χ1n) is 8.35. The van der Waals surface area contributed by atoms with Crippen LogP contribution in [0.25, 0.3) is 0 Å². The fourth-order valence-corrected chi connectivity index (χ4v) is 2.64. The van der Waals surface area contributed by atoms with Gasteiger partial charge in [0.1, 0.15) is 12.7 Å². The number of aromatic nitrogens is 1. The summed E-state index contributed by atoms with van der Waals surface area (Å²) in [5.41, 5.74) is 0.346. The lowest BCUT2D eigenvalue weighted by Crippen LogP contribution is -2.48. The van der Waals surface area contributed by atoms with Crippen LogP contribution < -0.4 is 5.32 Å². The van der Waals surface area contributed by atoms with Crippen molar-refractivity contribution < 1.29 is 23.9 Å². The molecule has 0 radical (unpaired) electrons. The lowest BCUT2D eigenvalue weighted by Gasteiger charge is -2.34. The predicted molar refractivity (Wildman–Crippen MR) is 87.3 cm³/mol. The molecule has 0 spiro atoms. The first-order valence-corrected chi connectivity index (χ1v) is 8.35. The van der Waals surface area contributed by atoms with E-state index in [9.17, 15) is 9.90 Å². The van der Waals surface area contributed by atoms with Crippen LogP contribution in [-0.2, 0) is 27.3 Å². The number of ether oxygens (including phenoxy) is 2. The normalized spacial score (nSPS) is 24.8. The van der Waals surface area contributed by atoms with E-state index in [1.165, 1.54) is 0 Å². The van der Waals surface area contributed by atoms with E-state index in [1.54, 1.807) is 7.11 Å². The number of carbonyl (C=O) groups excluding carboxylic acids is 1. The number of methoxy groups -OCH3 is 1. The Morgan fingerprint density at radius 3 is 2.88 bits per heavy atom. The van der Waals surface area contributed by atoms with E-state index in [-0.39, 0.29) is 12.0 Å². The zero-order valence-corrected chi connectivity index (χ0v) is 14.9. The lowest BCUT2D eigenvalue weighted by molar-refractivity contribution is -0.134. The van der Waals surface area contributed by atoms with Gasteiger partial charge in [0.2, 0.25) is 5.91 Å². The van der Waals surface area contributed by atoms with E-state index < -0.39 is 17.6 Å². The van der Waals surface area contributed by atoms with Crippen molar-refractivity contribution in [2.24, 2.45) is 5.41 Å². The number of amides is 1. The van der Waals surface area contributed by atoms with Crippen molar-refractivity contribution >= 4 is 5.91 Å². The Morgan fingerprint density at radius 1 is 1.46 bits per heavy atom. The molecule has 7 heteroatoms. The number of carbonyl (C=O) groups is 1. The number of hydrogen-bond acceptors (Lipinski definition) is 6. The van der Waals surface area contributed by atoms with Crippen molar-refractivity contribution in [1.29, 1.82) is 0 Å². The molecular weight excluding hydrogens is 312 g/mol. The number of aliphatic hydroxyl groups excluding tert-OH is 1. The average Bonchev–Trinajstić information content (AvgIpc) is 2.94. The van der Waals surface area contributed by atoms with Crippen molar-refractivity contribution in [2.75, 3.05) is 13.7 Å². The van der Waals surface area contributed by atoms with Gasteiger partial charge in [0.05, 0.1) is 17.9 Å². The first kappa shape index (κ1) is 18.9. The van der Waals surface area contributed by atoms with Gasteiger partial charge >= 0.3 is 0 Å².